The van der Waals surface area contributed by atoms with Gasteiger partial charge in [0.05, 0.1) is 5.69 Å². The van der Waals surface area contributed by atoms with Crippen molar-refractivity contribution in [3.05, 3.63) is 33.4 Å². The van der Waals surface area contributed by atoms with Gasteiger partial charge in [0.15, 0.2) is 0 Å². The number of carbonyl (C=O) groups is 1. The first-order valence-corrected chi connectivity index (χ1v) is 6.51. The van der Waals surface area contributed by atoms with Gasteiger partial charge in [-0.3, -0.25) is 4.79 Å². The van der Waals surface area contributed by atoms with Crippen LogP contribution in [0.2, 0.25) is 0 Å². The fourth-order valence-corrected chi connectivity index (χ4v) is 2.12. The maximum atomic E-state index is 11.9. The molecule has 0 atom stereocenters. The number of nitrogens with one attached hydrogen (secondary N) is 1. The molecule has 0 aliphatic rings. The normalized spacial score (nSPS) is 10.2. The molecule has 17 heavy (non-hydrogen) atoms. The standard InChI is InChI=1S/C10H9BrN4OS/c1-2-7-9(17-15-14-7)10(16)13-8-4-3-6(11)5-12-8/h3-5H,2H2,1H3,(H,12,13,16). The van der Waals surface area contributed by atoms with Gasteiger partial charge in [-0.05, 0) is 46.0 Å². The topological polar surface area (TPSA) is 67.8 Å². The first kappa shape index (κ1) is 12.1. The second kappa shape index (κ2) is 5.33. The number of hydrogen-bond donors (Lipinski definition) is 1. The molecule has 0 aliphatic carbocycles. The zero-order chi connectivity index (χ0) is 12.3. The van der Waals surface area contributed by atoms with Crippen LogP contribution in [0.1, 0.15) is 22.3 Å². The molecule has 0 spiro atoms. The van der Waals surface area contributed by atoms with Crippen LogP contribution in [-0.4, -0.2) is 20.5 Å². The van der Waals surface area contributed by atoms with E-state index in [4.69, 9.17) is 0 Å². The van der Waals surface area contributed by atoms with E-state index in [9.17, 15) is 4.79 Å². The molecule has 0 fully saturated rings. The first-order chi connectivity index (χ1) is 8.20. The SMILES string of the molecule is CCc1nnsc1C(=O)Nc1ccc(Br)cn1. The van der Waals surface area contributed by atoms with Gasteiger partial charge in [-0.1, -0.05) is 11.4 Å². The van der Waals surface area contributed by atoms with E-state index in [0.29, 0.717) is 22.8 Å². The Hall–Kier alpha value is -1.34. The Balaban J connectivity index is 2.14. The van der Waals surface area contributed by atoms with Crippen LogP contribution in [-0.2, 0) is 6.42 Å². The minimum absolute atomic E-state index is 0.216. The molecule has 1 amide bonds. The summed E-state index contributed by atoms with van der Waals surface area (Å²) in [6, 6.07) is 3.54. The van der Waals surface area contributed by atoms with Gasteiger partial charge in [0.2, 0.25) is 0 Å². The number of amides is 1. The number of pyridine rings is 1. The zero-order valence-corrected chi connectivity index (χ0v) is 11.4. The molecule has 0 radical (unpaired) electrons. The Morgan fingerprint density at radius 3 is 3.00 bits per heavy atom. The fourth-order valence-electron chi connectivity index (χ4n) is 1.24. The van der Waals surface area contributed by atoms with E-state index in [1.807, 2.05) is 13.0 Å². The van der Waals surface area contributed by atoms with Gasteiger partial charge in [-0.2, -0.15) is 0 Å². The van der Waals surface area contributed by atoms with E-state index in [1.165, 1.54) is 0 Å². The lowest BCUT2D eigenvalue weighted by molar-refractivity contribution is 0.102. The van der Waals surface area contributed by atoms with E-state index in [0.717, 1.165) is 16.0 Å². The summed E-state index contributed by atoms with van der Waals surface area (Å²) in [5.74, 6) is 0.292. The van der Waals surface area contributed by atoms with Gasteiger partial charge >= 0.3 is 0 Å². The van der Waals surface area contributed by atoms with Crippen molar-refractivity contribution in [2.75, 3.05) is 5.32 Å². The molecular weight excluding hydrogens is 304 g/mol. The molecule has 2 heterocycles. The number of aryl methyl sites for hydroxylation is 1. The van der Waals surface area contributed by atoms with Gasteiger partial charge in [-0.25, -0.2) is 4.98 Å². The molecule has 0 saturated heterocycles. The summed E-state index contributed by atoms with van der Waals surface area (Å²) in [6.45, 7) is 1.94. The number of halogens is 1. The van der Waals surface area contributed by atoms with Crippen molar-refractivity contribution >= 4 is 39.2 Å². The number of nitrogens with zero attached hydrogens (tertiary/aromatic N) is 3. The molecule has 0 aromatic carbocycles. The van der Waals surface area contributed by atoms with Crippen LogP contribution in [0.15, 0.2) is 22.8 Å². The maximum absolute atomic E-state index is 11.9. The summed E-state index contributed by atoms with van der Waals surface area (Å²) >= 11 is 4.37. The second-order valence-electron chi connectivity index (χ2n) is 3.22. The summed E-state index contributed by atoms with van der Waals surface area (Å²) in [7, 11) is 0. The van der Waals surface area contributed by atoms with Gasteiger partial charge in [-0.15, -0.1) is 5.10 Å². The smallest absolute Gasteiger partial charge is 0.270 e. The second-order valence-corrected chi connectivity index (χ2v) is 4.89. The molecule has 0 bridgehead atoms. The summed E-state index contributed by atoms with van der Waals surface area (Å²) in [5, 5.41) is 6.60. The Kier molecular flexibility index (Phi) is 3.80. The summed E-state index contributed by atoms with van der Waals surface area (Å²) in [6.07, 6.45) is 2.31. The summed E-state index contributed by atoms with van der Waals surface area (Å²) in [5.41, 5.74) is 0.713. The van der Waals surface area contributed by atoms with Crippen LogP contribution >= 0.6 is 27.5 Å². The summed E-state index contributed by atoms with van der Waals surface area (Å²) < 4.78 is 4.64. The molecule has 0 aliphatic heterocycles. The van der Waals surface area contributed by atoms with Crippen LogP contribution in [0.25, 0.3) is 0 Å². The largest absolute Gasteiger partial charge is 0.306 e. The highest BCUT2D eigenvalue weighted by Crippen LogP contribution is 2.15. The van der Waals surface area contributed by atoms with Crippen LogP contribution in [0.4, 0.5) is 5.82 Å². The van der Waals surface area contributed by atoms with Gasteiger partial charge < -0.3 is 5.32 Å². The van der Waals surface area contributed by atoms with Crippen molar-refractivity contribution in [3.63, 3.8) is 0 Å². The van der Waals surface area contributed by atoms with Gasteiger partial charge in [0.25, 0.3) is 5.91 Å². The van der Waals surface area contributed by atoms with Crippen LogP contribution < -0.4 is 5.32 Å². The van der Waals surface area contributed by atoms with Gasteiger partial charge in [0.1, 0.15) is 10.7 Å². The average molecular weight is 313 g/mol. The highest BCUT2D eigenvalue weighted by atomic mass is 79.9. The van der Waals surface area contributed by atoms with E-state index in [2.05, 4.69) is 35.8 Å². The van der Waals surface area contributed by atoms with Crippen molar-refractivity contribution in [1.29, 1.82) is 0 Å². The number of aromatic nitrogens is 3. The van der Waals surface area contributed by atoms with Crippen molar-refractivity contribution in [2.45, 2.75) is 13.3 Å². The third-order valence-corrected chi connectivity index (χ3v) is 3.30. The lowest BCUT2D eigenvalue weighted by Crippen LogP contribution is -2.13. The molecule has 2 aromatic rings. The molecule has 7 heteroatoms. The molecule has 2 rings (SSSR count). The highest BCUT2D eigenvalue weighted by Gasteiger charge is 2.15. The van der Waals surface area contributed by atoms with Crippen molar-refractivity contribution in [2.24, 2.45) is 0 Å². The molecule has 0 unspecified atom stereocenters. The molecule has 0 saturated carbocycles. The van der Waals surface area contributed by atoms with Crippen molar-refractivity contribution < 1.29 is 4.79 Å². The van der Waals surface area contributed by atoms with E-state index in [1.54, 1.807) is 12.3 Å². The van der Waals surface area contributed by atoms with E-state index in [-0.39, 0.29) is 5.91 Å². The maximum Gasteiger partial charge on any atom is 0.270 e. The number of carbonyl (C=O) groups excluding carboxylic acids is 1. The number of anilines is 1. The van der Waals surface area contributed by atoms with E-state index >= 15 is 0 Å². The Labute approximate surface area is 111 Å². The van der Waals surface area contributed by atoms with E-state index < -0.39 is 0 Å². The monoisotopic (exact) mass is 312 g/mol. The lowest BCUT2D eigenvalue weighted by atomic mass is 10.3. The Bertz CT molecular complexity index is 525. The average Bonchev–Trinajstić information content (AvgIpc) is 2.80. The third kappa shape index (κ3) is 2.86. The zero-order valence-electron chi connectivity index (χ0n) is 8.98. The Morgan fingerprint density at radius 1 is 1.53 bits per heavy atom. The van der Waals surface area contributed by atoms with Crippen LogP contribution in [0.5, 0.6) is 0 Å². The van der Waals surface area contributed by atoms with Gasteiger partial charge in [0, 0.05) is 10.7 Å². The lowest BCUT2D eigenvalue weighted by Gasteiger charge is -2.02. The predicted molar refractivity (Wildman–Crippen MR) is 69.2 cm³/mol. The number of rotatable bonds is 3. The van der Waals surface area contributed by atoms with Crippen molar-refractivity contribution in [1.82, 2.24) is 14.6 Å². The minimum Gasteiger partial charge on any atom is -0.306 e. The Morgan fingerprint density at radius 2 is 2.35 bits per heavy atom. The minimum atomic E-state index is -0.216. The molecule has 88 valence electrons. The van der Waals surface area contributed by atoms with Crippen LogP contribution in [0, 0.1) is 0 Å². The molecule has 1 N–H and O–H groups in total. The molecule has 2 aromatic heterocycles. The van der Waals surface area contributed by atoms with Crippen LogP contribution in [0.3, 0.4) is 0 Å². The summed E-state index contributed by atoms with van der Waals surface area (Å²) in [4.78, 5) is 16.5. The predicted octanol–water partition coefficient (Wildman–Crippen LogP) is 2.51. The third-order valence-electron chi connectivity index (χ3n) is 2.07. The fraction of sp³-hybridized carbons (Fsp3) is 0.200. The molecule has 5 nitrogen and oxygen atoms in total. The van der Waals surface area contributed by atoms with Crippen molar-refractivity contribution in [3.8, 4) is 0 Å². The quantitative estimate of drug-likeness (QED) is 0.945. The molecular formula is C10H9BrN4OS. The first-order valence-electron chi connectivity index (χ1n) is 4.95. The number of hydrogen-bond acceptors (Lipinski definition) is 5. The highest BCUT2D eigenvalue weighted by molar-refractivity contribution is 9.10.